The first kappa shape index (κ1) is 28.3. The number of carbonyl (C=O) groups is 5. The van der Waals surface area contributed by atoms with E-state index in [-0.39, 0.29) is 36.6 Å². The van der Waals surface area contributed by atoms with E-state index in [4.69, 9.17) is 5.73 Å². The Morgan fingerprint density at radius 2 is 1.58 bits per heavy atom. The molecular formula is C22H39N5O6. The standard InChI is InChI=1S/C22H39N5O6/c1-5-12(3)17(26-19(29)14-8-7-11-24-14)21(31)25-15(9-10-16(23)28)20(30)27-18(22(32)33)13(4)6-2/h12-15,17-18,24H,5-11H2,1-4H3,(H2,23,28)(H,25,31)(H,26,29)(H,27,30)(H,32,33). The zero-order valence-corrected chi connectivity index (χ0v) is 20.0. The fraction of sp³-hybridized carbons (Fsp3) is 0.773. The molecule has 188 valence electrons. The van der Waals surface area contributed by atoms with E-state index in [1.54, 1.807) is 13.8 Å². The number of nitrogens with one attached hydrogen (secondary N) is 4. The van der Waals surface area contributed by atoms with Crippen LogP contribution in [0.15, 0.2) is 0 Å². The molecule has 0 aromatic heterocycles. The van der Waals surface area contributed by atoms with E-state index in [9.17, 15) is 29.1 Å². The number of rotatable bonds is 14. The van der Waals surface area contributed by atoms with Gasteiger partial charge in [0.05, 0.1) is 6.04 Å². The van der Waals surface area contributed by atoms with Crippen LogP contribution in [-0.4, -0.2) is 65.4 Å². The summed E-state index contributed by atoms with van der Waals surface area (Å²) in [5.41, 5.74) is 5.21. The lowest BCUT2D eigenvalue weighted by Crippen LogP contribution is -2.59. The summed E-state index contributed by atoms with van der Waals surface area (Å²) in [6, 6.07) is -3.58. The van der Waals surface area contributed by atoms with Crippen molar-refractivity contribution >= 4 is 29.6 Å². The van der Waals surface area contributed by atoms with Crippen LogP contribution >= 0.6 is 0 Å². The van der Waals surface area contributed by atoms with Crippen LogP contribution in [0.25, 0.3) is 0 Å². The van der Waals surface area contributed by atoms with Gasteiger partial charge < -0.3 is 32.1 Å². The largest absolute Gasteiger partial charge is 0.480 e. The van der Waals surface area contributed by atoms with Crippen LogP contribution in [0.2, 0.25) is 0 Å². The summed E-state index contributed by atoms with van der Waals surface area (Å²) in [5, 5.41) is 20.4. The Morgan fingerprint density at radius 1 is 0.970 bits per heavy atom. The summed E-state index contributed by atoms with van der Waals surface area (Å²) in [6.07, 6.45) is 2.40. The van der Waals surface area contributed by atoms with E-state index >= 15 is 0 Å². The lowest BCUT2D eigenvalue weighted by Gasteiger charge is -2.28. The lowest BCUT2D eigenvalue weighted by atomic mass is 9.96. The van der Waals surface area contributed by atoms with E-state index in [0.29, 0.717) is 19.3 Å². The minimum Gasteiger partial charge on any atom is -0.480 e. The number of carboxylic acid groups (broad SMARTS) is 1. The number of carboxylic acids is 1. The summed E-state index contributed by atoms with van der Waals surface area (Å²) in [6.45, 7) is 7.92. The number of nitrogens with two attached hydrogens (primary N) is 1. The molecule has 0 aromatic rings. The molecule has 11 nitrogen and oxygen atoms in total. The normalized spacial score (nSPS) is 20.1. The highest BCUT2D eigenvalue weighted by Crippen LogP contribution is 2.13. The molecule has 0 radical (unpaired) electrons. The van der Waals surface area contributed by atoms with Crippen molar-refractivity contribution in [1.82, 2.24) is 21.3 Å². The first-order valence-electron chi connectivity index (χ1n) is 11.7. The van der Waals surface area contributed by atoms with Gasteiger partial charge >= 0.3 is 5.97 Å². The summed E-state index contributed by atoms with van der Waals surface area (Å²) in [4.78, 5) is 61.5. The molecule has 1 rings (SSSR count). The van der Waals surface area contributed by atoms with Crippen LogP contribution in [0.5, 0.6) is 0 Å². The Bertz CT molecular complexity index is 709. The van der Waals surface area contributed by atoms with Gasteiger partial charge in [0.2, 0.25) is 23.6 Å². The monoisotopic (exact) mass is 469 g/mol. The van der Waals surface area contributed by atoms with E-state index in [1.807, 2.05) is 13.8 Å². The predicted octanol–water partition coefficient (Wildman–Crippen LogP) is -0.365. The fourth-order valence-electron chi connectivity index (χ4n) is 3.62. The second-order valence-electron chi connectivity index (χ2n) is 8.80. The van der Waals surface area contributed by atoms with Crippen molar-refractivity contribution in [1.29, 1.82) is 0 Å². The van der Waals surface area contributed by atoms with E-state index < -0.39 is 41.8 Å². The number of aliphatic carboxylic acids is 1. The van der Waals surface area contributed by atoms with Gasteiger partial charge in [0.25, 0.3) is 0 Å². The van der Waals surface area contributed by atoms with Crippen molar-refractivity contribution in [3.8, 4) is 0 Å². The Hall–Kier alpha value is -2.69. The van der Waals surface area contributed by atoms with Crippen molar-refractivity contribution < 1.29 is 29.1 Å². The highest BCUT2D eigenvalue weighted by molar-refractivity contribution is 5.94. The molecule has 0 saturated carbocycles. The Morgan fingerprint density at radius 3 is 2.06 bits per heavy atom. The van der Waals surface area contributed by atoms with Gasteiger partial charge in [-0.25, -0.2) is 4.79 Å². The second kappa shape index (κ2) is 13.8. The molecular weight excluding hydrogens is 430 g/mol. The van der Waals surface area contributed by atoms with E-state index in [1.165, 1.54) is 0 Å². The molecule has 0 aromatic carbocycles. The minimum atomic E-state index is -1.19. The summed E-state index contributed by atoms with van der Waals surface area (Å²) in [5.74, 6) is -3.98. The number of primary amides is 1. The van der Waals surface area contributed by atoms with Gasteiger partial charge in [-0.1, -0.05) is 40.5 Å². The average Bonchev–Trinajstić information content (AvgIpc) is 3.31. The smallest absolute Gasteiger partial charge is 0.326 e. The summed E-state index contributed by atoms with van der Waals surface area (Å²) in [7, 11) is 0. The number of carbonyl (C=O) groups excluding carboxylic acids is 4. The first-order chi connectivity index (χ1) is 15.5. The van der Waals surface area contributed by atoms with Crippen LogP contribution in [0.4, 0.5) is 0 Å². The van der Waals surface area contributed by atoms with Gasteiger partial charge in [0.1, 0.15) is 18.1 Å². The molecule has 6 atom stereocenters. The molecule has 7 N–H and O–H groups in total. The molecule has 1 aliphatic rings. The summed E-state index contributed by atoms with van der Waals surface area (Å²) < 4.78 is 0. The molecule has 1 fully saturated rings. The van der Waals surface area contributed by atoms with Crippen LogP contribution < -0.4 is 27.0 Å². The second-order valence-corrected chi connectivity index (χ2v) is 8.80. The van der Waals surface area contributed by atoms with Crippen molar-refractivity contribution in [3.05, 3.63) is 0 Å². The van der Waals surface area contributed by atoms with Crippen LogP contribution in [0.3, 0.4) is 0 Å². The molecule has 0 spiro atoms. The SMILES string of the molecule is CCC(C)C(NC(=O)C(CCC(N)=O)NC(=O)C(NC(=O)C1CCCN1)C(C)CC)C(=O)O. The maximum atomic E-state index is 13.1. The molecule has 6 unspecified atom stereocenters. The van der Waals surface area contributed by atoms with Gasteiger partial charge in [-0.15, -0.1) is 0 Å². The Balaban J connectivity index is 3.00. The highest BCUT2D eigenvalue weighted by atomic mass is 16.4. The number of amides is 4. The van der Waals surface area contributed by atoms with Gasteiger partial charge in [-0.2, -0.15) is 0 Å². The fourth-order valence-corrected chi connectivity index (χ4v) is 3.62. The van der Waals surface area contributed by atoms with Gasteiger partial charge in [0.15, 0.2) is 0 Å². The van der Waals surface area contributed by atoms with Crippen LogP contribution in [-0.2, 0) is 24.0 Å². The molecule has 1 saturated heterocycles. The van der Waals surface area contributed by atoms with Gasteiger partial charge in [-0.3, -0.25) is 19.2 Å². The van der Waals surface area contributed by atoms with Crippen molar-refractivity contribution in [2.75, 3.05) is 6.54 Å². The first-order valence-corrected chi connectivity index (χ1v) is 11.7. The molecule has 11 heteroatoms. The van der Waals surface area contributed by atoms with Gasteiger partial charge in [0, 0.05) is 6.42 Å². The number of hydrogen-bond acceptors (Lipinski definition) is 6. The topological polar surface area (TPSA) is 180 Å². The predicted molar refractivity (Wildman–Crippen MR) is 122 cm³/mol. The van der Waals surface area contributed by atoms with Crippen molar-refractivity contribution in [2.24, 2.45) is 17.6 Å². The van der Waals surface area contributed by atoms with Crippen molar-refractivity contribution in [3.63, 3.8) is 0 Å². The third-order valence-corrected chi connectivity index (χ3v) is 6.26. The molecule has 1 aliphatic heterocycles. The zero-order chi connectivity index (χ0) is 25.1. The lowest BCUT2D eigenvalue weighted by molar-refractivity contribution is -0.144. The number of hydrogen-bond donors (Lipinski definition) is 6. The minimum absolute atomic E-state index is 0.0922. The maximum absolute atomic E-state index is 13.1. The molecule has 4 amide bonds. The molecule has 1 heterocycles. The zero-order valence-electron chi connectivity index (χ0n) is 20.0. The summed E-state index contributed by atoms with van der Waals surface area (Å²) >= 11 is 0. The van der Waals surface area contributed by atoms with Gasteiger partial charge in [-0.05, 0) is 37.6 Å². The Labute approximate surface area is 195 Å². The van der Waals surface area contributed by atoms with Crippen LogP contribution in [0.1, 0.15) is 66.2 Å². The van der Waals surface area contributed by atoms with E-state index in [2.05, 4.69) is 21.3 Å². The highest BCUT2D eigenvalue weighted by Gasteiger charge is 2.34. The maximum Gasteiger partial charge on any atom is 0.326 e. The average molecular weight is 470 g/mol. The molecule has 0 aliphatic carbocycles. The third kappa shape index (κ3) is 8.99. The molecule has 33 heavy (non-hydrogen) atoms. The Kier molecular flexibility index (Phi) is 11.8. The van der Waals surface area contributed by atoms with E-state index in [0.717, 1.165) is 13.0 Å². The van der Waals surface area contributed by atoms with Crippen LogP contribution in [0, 0.1) is 11.8 Å². The quantitative estimate of drug-likeness (QED) is 0.201. The molecule has 0 bridgehead atoms. The van der Waals surface area contributed by atoms with Crippen molar-refractivity contribution in [2.45, 2.75) is 90.4 Å². The third-order valence-electron chi connectivity index (χ3n) is 6.26.